The van der Waals surface area contributed by atoms with E-state index >= 15 is 0 Å². The van der Waals surface area contributed by atoms with Crippen LogP contribution in [0.25, 0.3) is 0 Å². The SMILES string of the molecule is C[C@]12CCCC[C@]1(C)C(=O)OC2. The molecule has 1 heterocycles. The molecule has 0 N–H and O–H groups in total. The molecule has 0 radical (unpaired) electrons. The molecular formula is C10H16O2. The lowest BCUT2D eigenvalue weighted by Gasteiger charge is -2.40. The maximum Gasteiger partial charge on any atom is 0.312 e. The quantitative estimate of drug-likeness (QED) is 0.518. The smallest absolute Gasteiger partial charge is 0.312 e. The van der Waals surface area contributed by atoms with Crippen molar-refractivity contribution in [3.63, 3.8) is 0 Å². The normalized spacial score (nSPS) is 47.0. The van der Waals surface area contributed by atoms with Crippen molar-refractivity contribution in [1.82, 2.24) is 0 Å². The van der Waals surface area contributed by atoms with Crippen LogP contribution in [0.1, 0.15) is 39.5 Å². The summed E-state index contributed by atoms with van der Waals surface area (Å²) in [4.78, 5) is 11.5. The highest BCUT2D eigenvalue weighted by Crippen LogP contribution is 2.54. The van der Waals surface area contributed by atoms with Crippen molar-refractivity contribution in [2.45, 2.75) is 39.5 Å². The van der Waals surface area contributed by atoms with Crippen LogP contribution in [0.4, 0.5) is 0 Å². The molecule has 0 spiro atoms. The largest absolute Gasteiger partial charge is 0.465 e. The molecule has 68 valence electrons. The van der Waals surface area contributed by atoms with Gasteiger partial charge in [-0.3, -0.25) is 4.79 Å². The van der Waals surface area contributed by atoms with Gasteiger partial charge in [0.1, 0.15) is 0 Å². The lowest BCUT2D eigenvalue weighted by atomic mass is 9.59. The number of fused-ring (bicyclic) bond motifs is 1. The maximum absolute atomic E-state index is 11.5. The van der Waals surface area contributed by atoms with Crippen LogP contribution < -0.4 is 0 Å². The molecular weight excluding hydrogens is 152 g/mol. The summed E-state index contributed by atoms with van der Waals surface area (Å²) in [5.41, 5.74) is -0.0480. The molecule has 1 saturated carbocycles. The average Bonchev–Trinajstić information content (AvgIpc) is 2.28. The van der Waals surface area contributed by atoms with E-state index in [1.165, 1.54) is 12.8 Å². The topological polar surface area (TPSA) is 26.3 Å². The van der Waals surface area contributed by atoms with Crippen molar-refractivity contribution >= 4 is 5.97 Å². The fourth-order valence-corrected chi connectivity index (χ4v) is 2.54. The number of rotatable bonds is 0. The third-order valence-corrected chi connectivity index (χ3v) is 3.96. The number of carbonyl (C=O) groups is 1. The second-order valence-electron chi connectivity index (χ2n) is 4.68. The Morgan fingerprint density at radius 3 is 2.58 bits per heavy atom. The molecule has 0 aromatic rings. The van der Waals surface area contributed by atoms with Gasteiger partial charge in [0.25, 0.3) is 0 Å². The standard InChI is InChI=1S/C10H16O2/c1-9-5-3-4-6-10(9,2)8(11)12-7-9/h3-7H2,1-2H3/t9-,10-/m1/s1. The van der Waals surface area contributed by atoms with Crippen molar-refractivity contribution in [2.75, 3.05) is 6.61 Å². The first-order valence-electron chi connectivity index (χ1n) is 4.76. The fraction of sp³-hybridized carbons (Fsp3) is 0.900. The third kappa shape index (κ3) is 0.782. The number of carbonyl (C=O) groups excluding carboxylic acids is 1. The fourth-order valence-electron chi connectivity index (χ4n) is 2.54. The van der Waals surface area contributed by atoms with E-state index in [2.05, 4.69) is 13.8 Å². The van der Waals surface area contributed by atoms with Crippen LogP contribution in [0, 0.1) is 10.8 Å². The van der Waals surface area contributed by atoms with Gasteiger partial charge in [-0.2, -0.15) is 0 Å². The second kappa shape index (κ2) is 2.24. The van der Waals surface area contributed by atoms with E-state index < -0.39 is 0 Å². The van der Waals surface area contributed by atoms with Gasteiger partial charge in [0.05, 0.1) is 12.0 Å². The Balaban J connectivity index is 2.35. The van der Waals surface area contributed by atoms with Crippen LogP contribution in [0.15, 0.2) is 0 Å². The van der Waals surface area contributed by atoms with Gasteiger partial charge in [-0.15, -0.1) is 0 Å². The van der Waals surface area contributed by atoms with Gasteiger partial charge < -0.3 is 4.74 Å². The minimum Gasteiger partial charge on any atom is -0.465 e. The first-order valence-corrected chi connectivity index (χ1v) is 4.76. The molecule has 0 bridgehead atoms. The summed E-state index contributed by atoms with van der Waals surface area (Å²) in [6, 6.07) is 0. The van der Waals surface area contributed by atoms with E-state index in [1.54, 1.807) is 0 Å². The number of hydrogen-bond donors (Lipinski definition) is 0. The van der Waals surface area contributed by atoms with Crippen LogP contribution in [0.5, 0.6) is 0 Å². The van der Waals surface area contributed by atoms with Crippen LogP contribution in [-0.2, 0) is 9.53 Å². The molecule has 2 aliphatic rings. The Morgan fingerprint density at radius 1 is 1.25 bits per heavy atom. The Labute approximate surface area is 73.3 Å². The number of ether oxygens (including phenoxy) is 1. The summed E-state index contributed by atoms with van der Waals surface area (Å²) in [5.74, 6) is 0.0321. The highest BCUT2D eigenvalue weighted by atomic mass is 16.5. The summed E-state index contributed by atoms with van der Waals surface area (Å²) in [5, 5.41) is 0. The molecule has 2 atom stereocenters. The Bertz CT molecular complexity index is 224. The molecule has 1 aliphatic carbocycles. The third-order valence-electron chi connectivity index (χ3n) is 3.96. The zero-order valence-corrected chi connectivity index (χ0v) is 7.85. The molecule has 0 aromatic heterocycles. The Kier molecular flexibility index (Phi) is 1.51. The highest BCUT2D eigenvalue weighted by molar-refractivity contribution is 5.79. The van der Waals surface area contributed by atoms with Crippen molar-refractivity contribution < 1.29 is 9.53 Å². The van der Waals surface area contributed by atoms with Crippen LogP contribution in [0.3, 0.4) is 0 Å². The minimum absolute atomic E-state index is 0.0321. The summed E-state index contributed by atoms with van der Waals surface area (Å²) >= 11 is 0. The molecule has 1 saturated heterocycles. The zero-order valence-electron chi connectivity index (χ0n) is 7.85. The van der Waals surface area contributed by atoms with E-state index in [0.717, 1.165) is 12.8 Å². The van der Waals surface area contributed by atoms with Crippen LogP contribution >= 0.6 is 0 Å². The van der Waals surface area contributed by atoms with Crippen molar-refractivity contribution in [3.8, 4) is 0 Å². The van der Waals surface area contributed by atoms with Gasteiger partial charge in [0.2, 0.25) is 0 Å². The van der Waals surface area contributed by atoms with Crippen LogP contribution in [-0.4, -0.2) is 12.6 Å². The summed E-state index contributed by atoms with van der Waals surface area (Å²) in [6.07, 6.45) is 4.60. The summed E-state index contributed by atoms with van der Waals surface area (Å²) in [7, 11) is 0. The van der Waals surface area contributed by atoms with Gasteiger partial charge >= 0.3 is 5.97 Å². The van der Waals surface area contributed by atoms with E-state index in [-0.39, 0.29) is 16.8 Å². The predicted octanol–water partition coefficient (Wildman–Crippen LogP) is 2.13. The van der Waals surface area contributed by atoms with Crippen molar-refractivity contribution in [3.05, 3.63) is 0 Å². The van der Waals surface area contributed by atoms with Crippen molar-refractivity contribution in [1.29, 1.82) is 0 Å². The second-order valence-corrected chi connectivity index (χ2v) is 4.68. The van der Waals surface area contributed by atoms with Gasteiger partial charge in [0, 0.05) is 5.41 Å². The summed E-state index contributed by atoms with van der Waals surface area (Å²) in [6.45, 7) is 4.90. The first kappa shape index (κ1) is 8.09. The lowest BCUT2D eigenvalue weighted by molar-refractivity contribution is -0.147. The molecule has 12 heavy (non-hydrogen) atoms. The molecule has 0 amide bonds. The zero-order chi connectivity index (χ0) is 8.82. The van der Waals surface area contributed by atoms with Crippen LogP contribution in [0.2, 0.25) is 0 Å². The molecule has 2 nitrogen and oxygen atoms in total. The monoisotopic (exact) mass is 168 g/mol. The van der Waals surface area contributed by atoms with E-state index in [9.17, 15) is 4.79 Å². The Hall–Kier alpha value is -0.530. The minimum atomic E-state index is -0.175. The first-order chi connectivity index (χ1) is 5.58. The molecule has 2 heteroatoms. The average molecular weight is 168 g/mol. The number of esters is 1. The molecule has 1 aliphatic heterocycles. The molecule has 2 fully saturated rings. The molecule has 0 aromatic carbocycles. The predicted molar refractivity (Wildman–Crippen MR) is 45.6 cm³/mol. The number of cyclic esters (lactones) is 1. The van der Waals surface area contributed by atoms with E-state index in [1.807, 2.05) is 0 Å². The molecule has 0 unspecified atom stereocenters. The number of hydrogen-bond acceptors (Lipinski definition) is 2. The molecule has 2 rings (SSSR count). The van der Waals surface area contributed by atoms with Gasteiger partial charge in [-0.1, -0.05) is 19.8 Å². The Morgan fingerprint density at radius 2 is 1.92 bits per heavy atom. The van der Waals surface area contributed by atoms with E-state index in [4.69, 9.17) is 4.74 Å². The maximum atomic E-state index is 11.5. The van der Waals surface area contributed by atoms with E-state index in [0.29, 0.717) is 6.61 Å². The summed E-state index contributed by atoms with van der Waals surface area (Å²) < 4.78 is 5.17. The lowest BCUT2D eigenvalue weighted by Crippen LogP contribution is -2.41. The van der Waals surface area contributed by atoms with Gasteiger partial charge in [-0.25, -0.2) is 0 Å². The van der Waals surface area contributed by atoms with Gasteiger partial charge in [-0.05, 0) is 19.8 Å². The highest BCUT2D eigenvalue weighted by Gasteiger charge is 2.57. The van der Waals surface area contributed by atoms with Crippen molar-refractivity contribution in [2.24, 2.45) is 10.8 Å². The van der Waals surface area contributed by atoms with Gasteiger partial charge in [0.15, 0.2) is 0 Å².